The van der Waals surface area contributed by atoms with Crippen molar-refractivity contribution in [1.82, 2.24) is 0 Å². The fraction of sp³-hybridized carbons (Fsp3) is 0.0667. The second kappa shape index (κ2) is 6.25. The SMILES string of the molecule is N#Cc1cc(COC(=O)c2ccc(N)c(Cl)c2)ccc1F. The Bertz CT molecular complexity index is 741. The number of ether oxygens (including phenoxy) is 1. The molecule has 0 saturated heterocycles. The molecule has 6 heteroatoms. The van der Waals surface area contributed by atoms with Crippen LogP contribution in [0.15, 0.2) is 36.4 Å². The van der Waals surface area contributed by atoms with Crippen LogP contribution < -0.4 is 5.73 Å². The largest absolute Gasteiger partial charge is 0.457 e. The van der Waals surface area contributed by atoms with Crippen molar-refractivity contribution in [3.63, 3.8) is 0 Å². The van der Waals surface area contributed by atoms with Crippen molar-refractivity contribution >= 4 is 23.3 Å². The molecule has 0 atom stereocenters. The van der Waals surface area contributed by atoms with E-state index in [2.05, 4.69) is 0 Å². The van der Waals surface area contributed by atoms with E-state index < -0.39 is 11.8 Å². The highest BCUT2D eigenvalue weighted by atomic mass is 35.5. The minimum absolute atomic E-state index is 0.0736. The van der Waals surface area contributed by atoms with Gasteiger partial charge < -0.3 is 10.5 Å². The maximum Gasteiger partial charge on any atom is 0.338 e. The number of hydrogen-bond acceptors (Lipinski definition) is 4. The molecule has 0 aromatic heterocycles. The second-order valence-electron chi connectivity index (χ2n) is 4.24. The lowest BCUT2D eigenvalue weighted by Gasteiger charge is -2.06. The Morgan fingerprint density at radius 2 is 2.10 bits per heavy atom. The number of carbonyl (C=O) groups excluding carboxylic acids is 1. The van der Waals surface area contributed by atoms with Crippen LogP contribution in [0.3, 0.4) is 0 Å². The van der Waals surface area contributed by atoms with Gasteiger partial charge in [-0.3, -0.25) is 0 Å². The lowest BCUT2D eigenvalue weighted by molar-refractivity contribution is 0.0472. The summed E-state index contributed by atoms with van der Waals surface area (Å²) in [6, 6.07) is 10.1. The molecule has 2 aromatic rings. The highest BCUT2D eigenvalue weighted by molar-refractivity contribution is 6.33. The highest BCUT2D eigenvalue weighted by Gasteiger charge is 2.10. The highest BCUT2D eigenvalue weighted by Crippen LogP contribution is 2.20. The molecular weight excluding hydrogens is 295 g/mol. The molecule has 4 nitrogen and oxygen atoms in total. The molecule has 2 aromatic carbocycles. The maximum atomic E-state index is 13.2. The summed E-state index contributed by atoms with van der Waals surface area (Å²) in [7, 11) is 0. The topological polar surface area (TPSA) is 76.1 Å². The minimum atomic E-state index is -0.613. The Labute approximate surface area is 125 Å². The number of esters is 1. The van der Waals surface area contributed by atoms with Crippen molar-refractivity contribution in [3.05, 3.63) is 63.9 Å². The zero-order valence-corrected chi connectivity index (χ0v) is 11.5. The summed E-state index contributed by atoms with van der Waals surface area (Å²) in [6.45, 7) is -0.0736. The van der Waals surface area contributed by atoms with Gasteiger partial charge in [0.25, 0.3) is 0 Å². The predicted octanol–water partition coefficient (Wildman–Crippen LogP) is 3.29. The van der Waals surface area contributed by atoms with Crippen LogP contribution in [-0.4, -0.2) is 5.97 Å². The number of nitrogens with two attached hydrogens (primary N) is 1. The van der Waals surface area contributed by atoms with E-state index in [1.807, 2.05) is 0 Å². The number of rotatable bonds is 3. The Balaban J connectivity index is 2.07. The lowest BCUT2D eigenvalue weighted by atomic mass is 10.1. The monoisotopic (exact) mass is 304 g/mol. The molecule has 0 spiro atoms. The van der Waals surface area contributed by atoms with Gasteiger partial charge in [0.15, 0.2) is 0 Å². The van der Waals surface area contributed by atoms with Gasteiger partial charge in [0.2, 0.25) is 0 Å². The molecular formula is C15H10ClFN2O2. The van der Waals surface area contributed by atoms with Gasteiger partial charge in [0.1, 0.15) is 18.5 Å². The molecule has 106 valence electrons. The molecule has 0 heterocycles. The molecule has 2 rings (SSSR count). The molecule has 0 unspecified atom stereocenters. The van der Waals surface area contributed by atoms with Crippen molar-refractivity contribution in [2.75, 3.05) is 5.73 Å². The number of halogens is 2. The zero-order chi connectivity index (χ0) is 15.4. The number of hydrogen-bond donors (Lipinski definition) is 1. The first-order chi connectivity index (χ1) is 10.0. The summed E-state index contributed by atoms with van der Waals surface area (Å²) in [6.07, 6.45) is 0. The normalized spacial score (nSPS) is 9.95. The molecule has 0 fully saturated rings. The fourth-order valence-electron chi connectivity index (χ4n) is 1.63. The number of nitrogen functional groups attached to an aromatic ring is 1. The number of nitrogens with zero attached hydrogens (tertiary/aromatic N) is 1. The third-order valence-corrected chi connectivity index (χ3v) is 3.08. The van der Waals surface area contributed by atoms with Gasteiger partial charge in [-0.15, -0.1) is 0 Å². The van der Waals surface area contributed by atoms with E-state index in [9.17, 15) is 9.18 Å². The molecule has 0 amide bonds. The van der Waals surface area contributed by atoms with Crippen LogP contribution in [0.4, 0.5) is 10.1 Å². The van der Waals surface area contributed by atoms with E-state index in [4.69, 9.17) is 27.3 Å². The zero-order valence-electron chi connectivity index (χ0n) is 10.8. The average Bonchev–Trinajstić information content (AvgIpc) is 2.48. The Morgan fingerprint density at radius 1 is 1.33 bits per heavy atom. The van der Waals surface area contributed by atoms with Crippen LogP contribution in [-0.2, 0) is 11.3 Å². The van der Waals surface area contributed by atoms with Crippen molar-refractivity contribution in [1.29, 1.82) is 5.26 Å². The van der Waals surface area contributed by atoms with E-state index in [1.165, 1.54) is 30.3 Å². The third kappa shape index (κ3) is 3.50. The smallest absolute Gasteiger partial charge is 0.338 e. The lowest BCUT2D eigenvalue weighted by Crippen LogP contribution is -2.06. The van der Waals surface area contributed by atoms with Crippen LogP contribution in [0.1, 0.15) is 21.5 Å². The number of benzene rings is 2. The van der Waals surface area contributed by atoms with Crippen LogP contribution in [0, 0.1) is 17.1 Å². The quantitative estimate of drug-likeness (QED) is 0.697. The first kappa shape index (κ1) is 14.8. The summed E-state index contributed by atoms with van der Waals surface area (Å²) in [5.74, 6) is -1.20. The summed E-state index contributed by atoms with van der Waals surface area (Å²) >= 11 is 5.82. The summed E-state index contributed by atoms with van der Waals surface area (Å²) in [5.41, 5.74) is 6.60. The molecule has 0 radical (unpaired) electrons. The summed E-state index contributed by atoms with van der Waals surface area (Å²) in [4.78, 5) is 11.8. The standard InChI is InChI=1S/C15H10ClFN2O2/c16-12-6-10(2-4-14(12)19)15(20)21-8-9-1-3-13(17)11(5-9)7-18/h1-6H,8,19H2. The number of carbonyl (C=O) groups is 1. The van der Waals surface area contributed by atoms with E-state index in [0.717, 1.165) is 6.07 Å². The van der Waals surface area contributed by atoms with E-state index >= 15 is 0 Å². The van der Waals surface area contributed by atoms with Crippen molar-refractivity contribution in [2.45, 2.75) is 6.61 Å². The van der Waals surface area contributed by atoms with E-state index in [1.54, 1.807) is 6.07 Å². The van der Waals surface area contributed by atoms with Crippen LogP contribution in [0.5, 0.6) is 0 Å². The molecule has 0 aliphatic rings. The predicted molar refractivity (Wildman–Crippen MR) is 76.1 cm³/mol. The molecule has 0 aliphatic carbocycles. The molecule has 2 N–H and O–H groups in total. The molecule has 0 saturated carbocycles. The number of nitriles is 1. The van der Waals surface area contributed by atoms with Crippen LogP contribution in [0.25, 0.3) is 0 Å². The van der Waals surface area contributed by atoms with Gasteiger partial charge in [-0.05, 0) is 35.9 Å². The van der Waals surface area contributed by atoms with Crippen molar-refractivity contribution in [3.8, 4) is 6.07 Å². The van der Waals surface area contributed by atoms with Gasteiger partial charge in [-0.2, -0.15) is 5.26 Å². The Kier molecular flexibility index (Phi) is 4.41. The average molecular weight is 305 g/mol. The summed E-state index contributed by atoms with van der Waals surface area (Å²) < 4.78 is 18.2. The van der Waals surface area contributed by atoms with Gasteiger partial charge >= 0.3 is 5.97 Å². The van der Waals surface area contributed by atoms with Crippen molar-refractivity contribution < 1.29 is 13.9 Å². The molecule has 0 aliphatic heterocycles. The molecule has 0 bridgehead atoms. The van der Waals surface area contributed by atoms with E-state index in [0.29, 0.717) is 11.3 Å². The minimum Gasteiger partial charge on any atom is -0.457 e. The van der Waals surface area contributed by atoms with Crippen molar-refractivity contribution in [2.24, 2.45) is 0 Å². The van der Waals surface area contributed by atoms with E-state index in [-0.39, 0.29) is 22.8 Å². The van der Waals surface area contributed by atoms with Crippen LogP contribution in [0.2, 0.25) is 5.02 Å². The van der Waals surface area contributed by atoms with Gasteiger partial charge in [0, 0.05) is 0 Å². The van der Waals surface area contributed by atoms with Crippen LogP contribution >= 0.6 is 11.6 Å². The Hall–Kier alpha value is -2.58. The van der Waals surface area contributed by atoms with Gasteiger partial charge in [0.05, 0.1) is 21.8 Å². The van der Waals surface area contributed by atoms with Gasteiger partial charge in [-0.25, -0.2) is 9.18 Å². The third-order valence-electron chi connectivity index (χ3n) is 2.76. The first-order valence-electron chi connectivity index (χ1n) is 5.92. The number of anilines is 1. The van der Waals surface area contributed by atoms with Gasteiger partial charge in [-0.1, -0.05) is 17.7 Å². The maximum absolute atomic E-state index is 13.2. The summed E-state index contributed by atoms with van der Waals surface area (Å²) in [5, 5.41) is 8.99. The second-order valence-corrected chi connectivity index (χ2v) is 4.65. The first-order valence-corrected chi connectivity index (χ1v) is 6.29. The Morgan fingerprint density at radius 3 is 2.76 bits per heavy atom. The molecule has 21 heavy (non-hydrogen) atoms. The fourth-order valence-corrected chi connectivity index (χ4v) is 1.81.